The number of aliphatic hydroxyl groups excluding tert-OH is 3. The van der Waals surface area contributed by atoms with Gasteiger partial charge in [-0.1, -0.05) is 0 Å². The van der Waals surface area contributed by atoms with Crippen LogP contribution in [0.1, 0.15) is 0 Å². The molecule has 0 heterocycles. The lowest BCUT2D eigenvalue weighted by atomic mass is 10.1. The van der Waals surface area contributed by atoms with Gasteiger partial charge in [0.15, 0.2) is 6.10 Å². The monoisotopic (exact) mass is 279 g/mol. The molecule has 0 radical (unpaired) electrons. The Balaban J connectivity index is -0.000000980. The molecule has 0 unspecified atom stereocenters. The van der Waals surface area contributed by atoms with Gasteiger partial charge in [0.1, 0.15) is 12.2 Å². The van der Waals surface area contributed by atoms with Gasteiger partial charge < -0.3 is 52.2 Å². The molecule has 12 heteroatoms. The fourth-order valence-corrected chi connectivity index (χ4v) is 0.980. The fraction of sp³-hybridized carbons (Fsp3) is 0.800. The minimum atomic E-state index is -5.28. The maximum atomic E-state index is 10.3. The fourth-order valence-electron chi connectivity index (χ4n) is 0.645. The number of phosphoric acid groups is 1. The highest BCUT2D eigenvalue weighted by Gasteiger charge is 2.28. The number of carbonyl (C=O) groups excluding carboxylic acids is 1. The van der Waals surface area contributed by atoms with E-state index < -0.39 is 38.6 Å². The van der Waals surface area contributed by atoms with Gasteiger partial charge in [-0.05, 0) is 0 Å². The van der Waals surface area contributed by atoms with Crippen LogP contribution >= 0.6 is 7.82 Å². The first-order valence-corrected chi connectivity index (χ1v) is 5.11. The van der Waals surface area contributed by atoms with Crippen LogP contribution in [0.3, 0.4) is 0 Å². The van der Waals surface area contributed by atoms with Crippen molar-refractivity contribution in [2.75, 3.05) is 6.61 Å². The molecule has 0 aromatic heterocycles. The van der Waals surface area contributed by atoms with E-state index in [1.54, 1.807) is 0 Å². The quantitative estimate of drug-likeness (QED) is 0.262. The van der Waals surface area contributed by atoms with E-state index in [2.05, 4.69) is 10.3 Å². The van der Waals surface area contributed by atoms with Crippen molar-refractivity contribution < 1.29 is 39.0 Å². The van der Waals surface area contributed by atoms with Crippen LogP contribution in [0, 0.1) is 0 Å². The van der Waals surface area contributed by atoms with Crippen LogP contribution < -0.4 is 27.8 Å². The second kappa shape index (κ2) is 8.47. The van der Waals surface area contributed by atoms with Gasteiger partial charge in [0.2, 0.25) is 5.91 Å². The zero-order valence-corrected chi connectivity index (χ0v) is 10.2. The molecular formula is C5H18N3O8P. The highest BCUT2D eigenvalue weighted by atomic mass is 31.2. The van der Waals surface area contributed by atoms with Gasteiger partial charge in [-0.3, -0.25) is 4.79 Å². The summed E-state index contributed by atoms with van der Waals surface area (Å²) in [5.41, 5.74) is 4.58. The number of hydrogen-bond donors (Lipinski definition) is 6. The first kappa shape index (κ1) is 21.6. The number of aliphatic hydroxyl groups is 3. The molecule has 17 heavy (non-hydrogen) atoms. The largest absolute Gasteiger partial charge is 0.790 e. The standard InChI is InChI=1S/C5H12NO8P.2H3N/c6-5(10)4(9)3(8)2(7)1-14-15(11,12)13;;/h2-4,7-9H,1H2,(H2,6,10)(H2,11,12,13);2*1H3/t2-,3-,4+;;/m1../s1. The highest BCUT2D eigenvalue weighted by molar-refractivity contribution is 7.43. The molecule has 0 fully saturated rings. The summed E-state index contributed by atoms with van der Waals surface area (Å²) in [5, 5.41) is 26.8. The maximum Gasteiger partial charge on any atom is 0.249 e. The van der Waals surface area contributed by atoms with Crippen molar-refractivity contribution in [3.63, 3.8) is 0 Å². The molecule has 1 amide bonds. The number of rotatable bonds is 6. The third kappa shape index (κ3) is 9.12. The van der Waals surface area contributed by atoms with Crippen LogP contribution in [0.5, 0.6) is 0 Å². The van der Waals surface area contributed by atoms with Gasteiger partial charge >= 0.3 is 0 Å². The van der Waals surface area contributed by atoms with Crippen LogP contribution in [-0.2, 0) is 13.9 Å². The molecule has 0 saturated heterocycles. The minimum Gasteiger partial charge on any atom is -0.790 e. The highest BCUT2D eigenvalue weighted by Crippen LogP contribution is 2.24. The lowest BCUT2D eigenvalue weighted by molar-refractivity contribution is -0.343. The molecule has 0 saturated carbocycles. The van der Waals surface area contributed by atoms with E-state index in [1.165, 1.54) is 0 Å². The molecule has 0 bridgehead atoms. The van der Waals surface area contributed by atoms with Gasteiger partial charge in [0.05, 0.1) is 14.4 Å². The van der Waals surface area contributed by atoms with Crippen molar-refractivity contribution in [1.29, 1.82) is 0 Å². The Morgan fingerprint density at radius 3 is 2.00 bits per heavy atom. The van der Waals surface area contributed by atoms with Crippen molar-refractivity contribution in [3.05, 3.63) is 0 Å². The summed E-state index contributed by atoms with van der Waals surface area (Å²) in [4.78, 5) is 30.3. The smallest absolute Gasteiger partial charge is 0.249 e. The second-order valence-corrected chi connectivity index (χ2v) is 3.80. The summed E-state index contributed by atoms with van der Waals surface area (Å²) in [6.45, 7) is -1.07. The Morgan fingerprint density at radius 1 is 1.29 bits per heavy atom. The van der Waals surface area contributed by atoms with Crippen molar-refractivity contribution >= 4 is 13.7 Å². The molecular weight excluding hydrogens is 261 g/mol. The Morgan fingerprint density at radius 2 is 1.71 bits per heavy atom. The van der Waals surface area contributed by atoms with Crippen LogP contribution in [0.2, 0.25) is 0 Å². The van der Waals surface area contributed by atoms with E-state index in [9.17, 15) is 19.1 Å². The van der Waals surface area contributed by atoms with Crippen molar-refractivity contribution in [1.82, 2.24) is 12.3 Å². The molecule has 0 aliphatic heterocycles. The lowest BCUT2D eigenvalue weighted by Gasteiger charge is -2.30. The molecule has 11 nitrogen and oxygen atoms in total. The Kier molecular flexibility index (Phi) is 10.8. The van der Waals surface area contributed by atoms with Crippen molar-refractivity contribution in [2.45, 2.75) is 18.3 Å². The van der Waals surface area contributed by atoms with E-state index in [0.717, 1.165) is 0 Å². The van der Waals surface area contributed by atoms with E-state index in [0.29, 0.717) is 0 Å². The molecule has 0 rings (SSSR count). The Labute approximate surface area is 96.6 Å². The summed E-state index contributed by atoms with van der Waals surface area (Å²) < 4.78 is 13.6. The van der Waals surface area contributed by atoms with E-state index in [1.807, 2.05) is 0 Å². The van der Waals surface area contributed by atoms with Crippen LogP contribution in [0.4, 0.5) is 0 Å². The Hall–Kier alpha value is -0.620. The first-order chi connectivity index (χ1) is 6.65. The topological polar surface area (TPSA) is 249 Å². The van der Waals surface area contributed by atoms with Crippen LogP contribution in [0.25, 0.3) is 0 Å². The molecule has 0 spiro atoms. The van der Waals surface area contributed by atoms with Gasteiger partial charge in [-0.2, -0.15) is 0 Å². The van der Waals surface area contributed by atoms with Gasteiger partial charge in [0.25, 0.3) is 0 Å². The number of carbonyl (C=O) groups is 1. The zero-order valence-electron chi connectivity index (χ0n) is 9.35. The van der Waals surface area contributed by atoms with Gasteiger partial charge in [0, 0.05) is 0 Å². The molecule has 13 N–H and O–H groups in total. The summed E-state index contributed by atoms with van der Waals surface area (Å²) in [6.07, 6.45) is -6.04. The van der Waals surface area contributed by atoms with E-state index in [4.69, 9.17) is 15.3 Å². The average Bonchev–Trinajstić information content (AvgIpc) is 2.10. The summed E-state index contributed by atoms with van der Waals surface area (Å²) in [7, 11) is -5.28. The van der Waals surface area contributed by atoms with E-state index in [-0.39, 0.29) is 12.3 Å². The molecule has 0 aromatic carbocycles. The number of amides is 1. The lowest BCUT2D eigenvalue weighted by Crippen LogP contribution is -2.47. The van der Waals surface area contributed by atoms with Crippen molar-refractivity contribution in [2.24, 2.45) is 5.73 Å². The van der Waals surface area contributed by atoms with Gasteiger partial charge in [-0.25, -0.2) is 0 Å². The summed E-state index contributed by atoms with van der Waals surface area (Å²) in [6, 6.07) is 0. The number of hydrogen-bond acceptors (Lipinski definition) is 8. The third-order valence-corrected chi connectivity index (χ3v) is 1.88. The maximum absolute atomic E-state index is 10.3. The molecule has 106 valence electrons. The number of phosphoric ester groups is 1. The summed E-state index contributed by atoms with van der Waals surface area (Å²) in [5.74, 6) is -1.31. The predicted molar refractivity (Wildman–Crippen MR) is 52.7 cm³/mol. The first-order valence-electron chi connectivity index (χ1n) is 3.65. The molecule has 0 aliphatic rings. The van der Waals surface area contributed by atoms with E-state index >= 15 is 0 Å². The average molecular weight is 279 g/mol. The molecule has 0 aliphatic carbocycles. The van der Waals surface area contributed by atoms with Crippen molar-refractivity contribution in [3.8, 4) is 0 Å². The normalized spacial score (nSPS) is 16.1. The minimum absolute atomic E-state index is 0. The van der Waals surface area contributed by atoms with Crippen LogP contribution in [-0.4, -0.2) is 46.1 Å². The number of quaternary nitrogens is 2. The second-order valence-electron chi connectivity index (χ2n) is 2.65. The zero-order chi connectivity index (χ0) is 12.2. The third-order valence-electron chi connectivity index (χ3n) is 1.41. The predicted octanol–water partition coefficient (Wildman–Crippen LogP) is -3.85. The number of nitrogens with two attached hydrogens (primary N) is 1. The van der Waals surface area contributed by atoms with Crippen LogP contribution in [0.15, 0.2) is 0 Å². The Bertz CT molecular complexity index is 270. The number of primary amides is 1. The molecule has 3 atom stereocenters. The SMILES string of the molecule is NC(=O)[C@@H](O)[C@H](O)[C@H](O)COP(=O)([O-])[O-].[NH4+].[NH4+]. The van der Waals surface area contributed by atoms with Gasteiger partial charge in [-0.15, -0.1) is 0 Å². The summed E-state index contributed by atoms with van der Waals surface area (Å²) >= 11 is 0. The molecule has 0 aromatic rings.